The van der Waals surface area contributed by atoms with Gasteiger partial charge in [-0.2, -0.15) is 0 Å². The average Bonchev–Trinajstić information content (AvgIpc) is 2.85. The molecule has 3 aliphatic rings. The van der Waals surface area contributed by atoms with Gasteiger partial charge in [0.1, 0.15) is 11.5 Å². The largest absolute Gasteiger partial charge is 0.497 e. The van der Waals surface area contributed by atoms with E-state index < -0.39 is 5.41 Å². The topological polar surface area (TPSA) is 58.9 Å². The highest BCUT2D eigenvalue weighted by atomic mass is 16.5. The second kappa shape index (κ2) is 4.95. The van der Waals surface area contributed by atoms with Crippen molar-refractivity contribution in [1.29, 1.82) is 0 Å². The maximum atomic E-state index is 12.6. The van der Waals surface area contributed by atoms with Crippen LogP contribution in [0.1, 0.15) is 43.2 Å². The van der Waals surface area contributed by atoms with Gasteiger partial charge in [-0.25, -0.2) is 0 Å². The Kier molecular flexibility index (Phi) is 3.12. The highest BCUT2D eigenvalue weighted by Crippen LogP contribution is 2.57. The number of allylic oxidation sites excluding steroid dienone is 2. The predicted octanol–water partition coefficient (Wildman–Crippen LogP) is 3.48. The van der Waals surface area contributed by atoms with E-state index in [9.17, 15) is 4.79 Å². The molecule has 3 aliphatic carbocycles. The minimum absolute atomic E-state index is 0.0323. The molecule has 4 nitrogen and oxygen atoms in total. The van der Waals surface area contributed by atoms with Gasteiger partial charge in [-0.3, -0.25) is 4.79 Å². The number of ether oxygens (including phenoxy) is 1. The summed E-state index contributed by atoms with van der Waals surface area (Å²) in [6.45, 7) is 2.04. The first-order valence-corrected chi connectivity index (χ1v) is 8.21. The fourth-order valence-corrected chi connectivity index (χ4v) is 4.79. The van der Waals surface area contributed by atoms with Crippen LogP contribution < -0.4 is 4.74 Å². The van der Waals surface area contributed by atoms with Crippen molar-refractivity contribution in [2.24, 2.45) is 16.5 Å². The van der Waals surface area contributed by atoms with Gasteiger partial charge in [-0.15, -0.1) is 0 Å². The van der Waals surface area contributed by atoms with E-state index in [2.05, 4.69) is 23.4 Å². The molecular weight excluding hydrogens is 290 g/mol. The van der Waals surface area contributed by atoms with E-state index >= 15 is 0 Å². The summed E-state index contributed by atoms with van der Waals surface area (Å²) in [6.07, 6.45) is 5.57. The van der Waals surface area contributed by atoms with Crippen molar-refractivity contribution in [1.82, 2.24) is 0 Å². The van der Waals surface area contributed by atoms with E-state index in [0.717, 1.165) is 25.0 Å². The summed E-state index contributed by atoms with van der Waals surface area (Å²) in [5.74, 6) is 1.49. The van der Waals surface area contributed by atoms with Gasteiger partial charge in [0.05, 0.1) is 7.11 Å². The second-order valence-electron chi connectivity index (χ2n) is 7.11. The zero-order chi connectivity index (χ0) is 16.2. The minimum Gasteiger partial charge on any atom is -0.497 e. The zero-order valence-corrected chi connectivity index (χ0v) is 13.5. The highest BCUT2D eigenvalue weighted by Gasteiger charge is 2.55. The molecule has 0 saturated heterocycles. The molecular formula is C19H21NO3. The lowest BCUT2D eigenvalue weighted by atomic mass is 9.60. The Morgan fingerprint density at radius 3 is 2.96 bits per heavy atom. The lowest BCUT2D eigenvalue weighted by Crippen LogP contribution is -2.37. The number of hydrogen-bond acceptors (Lipinski definition) is 4. The Bertz CT molecular complexity index is 749. The summed E-state index contributed by atoms with van der Waals surface area (Å²) < 4.78 is 5.34. The van der Waals surface area contributed by atoms with Crippen LogP contribution in [0.15, 0.2) is 35.0 Å². The van der Waals surface area contributed by atoms with Gasteiger partial charge >= 0.3 is 0 Å². The van der Waals surface area contributed by atoms with Crippen molar-refractivity contribution in [3.63, 3.8) is 0 Å². The highest BCUT2D eigenvalue weighted by molar-refractivity contribution is 6.43. The minimum atomic E-state index is -0.395. The molecule has 2 saturated carbocycles. The molecule has 0 aliphatic heterocycles. The van der Waals surface area contributed by atoms with Crippen molar-refractivity contribution in [3.05, 3.63) is 41.0 Å². The summed E-state index contributed by atoms with van der Waals surface area (Å²) in [5, 5.41) is 12.4. The number of benzene rings is 1. The van der Waals surface area contributed by atoms with Crippen molar-refractivity contribution in [3.8, 4) is 5.75 Å². The molecule has 0 bridgehead atoms. The third kappa shape index (κ3) is 1.90. The number of carbonyl (C=O) groups is 1. The van der Waals surface area contributed by atoms with Crippen LogP contribution in [0, 0.1) is 11.3 Å². The number of carbonyl (C=O) groups excluding carboxylic acids is 1. The third-order valence-corrected chi connectivity index (χ3v) is 6.11. The van der Waals surface area contributed by atoms with Crippen LogP contribution >= 0.6 is 0 Å². The average molecular weight is 311 g/mol. The van der Waals surface area contributed by atoms with E-state index in [0.29, 0.717) is 18.1 Å². The molecule has 1 aromatic carbocycles. The Morgan fingerprint density at radius 2 is 2.22 bits per heavy atom. The molecule has 4 rings (SSSR count). The first-order chi connectivity index (χ1) is 11.1. The van der Waals surface area contributed by atoms with Crippen LogP contribution in [-0.2, 0) is 11.2 Å². The van der Waals surface area contributed by atoms with E-state index in [4.69, 9.17) is 9.94 Å². The van der Waals surface area contributed by atoms with Crippen molar-refractivity contribution in [2.75, 3.05) is 7.11 Å². The molecule has 0 spiro atoms. The third-order valence-electron chi connectivity index (χ3n) is 6.11. The standard InChI is InChI=1S/C19H21NO3/c1-19-8-7-14-13-6-4-12(23-2)9-11(13)3-5-15(14)16(19)10-17(20-22)18(19)21/h4-6,9,14,16,22H,3,7-8,10H2,1-2H3/b20-17-. The van der Waals surface area contributed by atoms with Gasteiger partial charge in [0.25, 0.3) is 0 Å². The Morgan fingerprint density at radius 1 is 1.39 bits per heavy atom. The van der Waals surface area contributed by atoms with Crippen molar-refractivity contribution >= 4 is 11.5 Å². The molecule has 4 heteroatoms. The number of hydrogen-bond donors (Lipinski definition) is 1. The summed E-state index contributed by atoms with van der Waals surface area (Å²) in [4.78, 5) is 12.6. The maximum absolute atomic E-state index is 12.6. The van der Waals surface area contributed by atoms with Crippen LogP contribution in [0.25, 0.3) is 0 Å². The second-order valence-corrected chi connectivity index (χ2v) is 7.11. The number of oxime groups is 1. The molecule has 0 heterocycles. The molecule has 23 heavy (non-hydrogen) atoms. The molecule has 0 aromatic heterocycles. The zero-order valence-electron chi connectivity index (χ0n) is 13.5. The van der Waals surface area contributed by atoms with Gasteiger partial charge < -0.3 is 9.94 Å². The number of nitrogens with zero attached hydrogens (tertiary/aromatic N) is 1. The molecule has 1 aromatic rings. The molecule has 120 valence electrons. The Labute approximate surface area is 135 Å². The van der Waals surface area contributed by atoms with Crippen molar-refractivity contribution < 1.29 is 14.7 Å². The summed E-state index contributed by atoms with van der Waals surface area (Å²) in [6, 6.07) is 6.32. The molecule has 2 fully saturated rings. The molecule has 0 amide bonds. The molecule has 3 atom stereocenters. The predicted molar refractivity (Wildman–Crippen MR) is 87.2 cm³/mol. The van der Waals surface area contributed by atoms with Crippen LogP contribution in [0.2, 0.25) is 0 Å². The fourth-order valence-electron chi connectivity index (χ4n) is 4.79. The monoisotopic (exact) mass is 311 g/mol. The van der Waals surface area contributed by atoms with Crippen LogP contribution in [0.4, 0.5) is 0 Å². The summed E-state index contributed by atoms with van der Waals surface area (Å²) in [7, 11) is 1.69. The van der Waals surface area contributed by atoms with E-state index in [1.54, 1.807) is 7.11 Å². The first-order valence-electron chi connectivity index (χ1n) is 8.21. The number of methoxy groups -OCH3 is 1. The number of ketones is 1. The number of rotatable bonds is 1. The fraction of sp³-hybridized carbons (Fsp3) is 0.474. The normalized spacial score (nSPS) is 33.7. The molecule has 3 unspecified atom stereocenters. The summed E-state index contributed by atoms with van der Waals surface area (Å²) >= 11 is 0. The van der Waals surface area contributed by atoms with Crippen LogP contribution in [0.5, 0.6) is 5.75 Å². The molecule has 1 N–H and O–H groups in total. The number of fused-ring (bicyclic) bond motifs is 5. The quantitative estimate of drug-likeness (QED) is 0.491. The van der Waals surface area contributed by atoms with Gasteiger partial charge in [-0.1, -0.05) is 29.8 Å². The van der Waals surface area contributed by atoms with E-state index in [-0.39, 0.29) is 11.7 Å². The maximum Gasteiger partial charge on any atom is 0.186 e. The van der Waals surface area contributed by atoms with E-state index in [1.165, 1.54) is 16.7 Å². The van der Waals surface area contributed by atoms with Gasteiger partial charge in [0.2, 0.25) is 0 Å². The first kappa shape index (κ1) is 14.5. The van der Waals surface area contributed by atoms with Gasteiger partial charge in [-0.05, 0) is 48.4 Å². The smallest absolute Gasteiger partial charge is 0.186 e. The van der Waals surface area contributed by atoms with Gasteiger partial charge in [0, 0.05) is 17.8 Å². The van der Waals surface area contributed by atoms with E-state index in [1.807, 2.05) is 13.0 Å². The Balaban J connectivity index is 1.75. The SMILES string of the molecule is COc1ccc2c(c1)CC=C1C2CCC2(C)C(=O)/C(=N\O)CC12. The molecule has 0 radical (unpaired) electrons. The van der Waals surface area contributed by atoms with Crippen LogP contribution in [0.3, 0.4) is 0 Å². The van der Waals surface area contributed by atoms with Crippen molar-refractivity contribution in [2.45, 2.75) is 38.5 Å². The summed E-state index contributed by atoms with van der Waals surface area (Å²) in [5.41, 5.74) is 4.01. The lowest BCUT2D eigenvalue weighted by Gasteiger charge is -2.43. The van der Waals surface area contributed by atoms with Gasteiger partial charge in [0.15, 0.2) is 5.78 Å². The Hall–Kier alpha value is -2.10. The van der Waals surface area contributed by atoms with Crippen LogP contribution in [-0.4, -0.2) is 23.8 Å². The number of Topliss-reactive ketones (excluding diaryl/α,β-unsaturated/α-hetero) is 1. The lowest BCUT2D eigenvalue weighted by molar-refractivity contribution is -0.122.